The van der Waals surface area contributed by atoms with Crippen LogP contribution in [0.3, 0.4) is 0 Å². The van der Waals surface area contributed by atoms with E-state index in [0.29, 0.717) is 11.2 Å². The first-order chi connectivity index (χ1) is 6.63. The van der Waals surface area contributed by atoms with Crippen molar-refractivity contribution in [3.8, 4) is 0 Å². The van der Waals surface area contributed by atoms with Gasteiger partial charge in [-0.1, -0.05) is 19.3 Å². The Balaban J connectivity index is 2.06. The fourth-order valence-corrected chi connectivity index (χ4v) is 3.39. The van der Waals surface area contributed by atoms with E-state index >= 15 is 0 Å². The predicted molar refractivity (Wildman–Crippen MR) is 57.2 cm³/mol. The molecule has 0 N–H and O–H groups in total. The summed E-state index contributed by atoms with van der Waals surface area (Å²) in [5.41, 5.74) is 0.503. The van der Waals surface area contributed by atoms with E-state index in [0.717, 1.165) is 13.0 Å². The first kappa shape index (κ1) is 10.2. The molecule has 1 spiro atoms. The highest BCUT2D eigenvalue weighted by atomic mass is 16.1. The number of likely N-dealkylation sites (N-methyl/N-ethyl adjacent to an activating group) is 1. The van der Waals surface area contributed by atoms with Gasteiger partial charge in [-0.15, -0.1) is 0 Å². The van der Waals surface area contributed by atoms with Crippen LogP contribution in [0.1, 0.15) is 45.4 Å². The van der Waals surface area contributed by atoms with Crippen LogP contribution in [0.2, 0.25) is 0 Å². The molecule has 1 saturated heterocycles. The van der Waals surface area contributed by atoms with Crippen molar-refractivity contribution in [2.24, 2.45) is 5.41 Å². The Labute approximate surface area is 86.7 Å². The smallest absolute Gasteiger partial charge is 0.146 e. The Morgan fingerprint density at radius 2 is 1.93 bits per heavy atom. The number of carbonyl (C=O) groups excluding carboxylic acids is 1. The van der Waals surface area contributed by atoms with Crippen LogP contribution >= 0.6 is 0 Å². The van der Waals surface area contributed by atoms with Crippen LogP contribution in [0.4, 0.5) is 0 Å². The lowest BCUT2D eigenvalue weighted by atomic mass is 9.72. The minimum Gasteiger partial charge on any atom is -0.298 e. The molecule has 14 heavy (non-hydrogen) atoms. The van der Waals surface area contributed by atoms with Crippen molar-refractivity contribution in [2.75, 3.05) is 13.6 Å². The molecule has 1 aliphatic heterocycles. The Bertz CT molecular complexity index is 230. The molecule has 1 saturated carbocycles. The molecule has 1 aliphatic carbocycles. The maximum atomic E-state index is 11.4. The Morgan fingerprint density at radius 3 is 2.43 bits per heavy atom. The summed E-state index contributed by atoms with van der Waals surface area (Å²) in [6.45, 7) is 2.89. The lowest BCUT2D eigenvalue weighted by Gasteiger charge is -2.32. The number of likely N-dealkylation sites (tertiary alicyclic amines) is 1. The number of Topliss-reactive ketones (excluding diaryl/α,β-unsaturated/α-hetero) is 1. The summed E-state index contributed by atoms with van der Waals surface area (Å²) >= 11 is 0. The van der Waals surface area contributed by atoms with E-state index in [-0.39, 0.29) is 6.04 Å². The normalized spacial score (nSPS) is 32.3. The highest BCUT2D eigenvalue weighted by Crippen LogP contribution is 2.45. The first-order valence-electron chi connectivity index (χ1n) is 5.84. The quantitative estimate of drug-likeness (QED) is 0.639. The van der Waals surface area contributed by atoms with Crippen molar-refractivity contribution in [1.29, 1.82) is 0 Å². The van der Waals surface area contributed by atoms with Crippen LogP contribution in [0, 0.1) is 5.41 Å². The van der Waals surface area contributed by atoms with Gasteiger partial charge in [0.25, 0.3) is 0 Å². The molecule has 2 fully saturated rings. The second-order valence-corrected chi connectivity index (χ2v) is 5.31. The first-order valence-corrected chi connectivity index (χ1v) is 5.84. The van der Waals surface area contributed by atoms with Crippen molar-refractivity contribution in [3.63, 3.8) is 0 Å². The lowest BCUT2D eigenvalue weighted by Crippen LogP contribution is -2.31. The third-order valence-electron chi connectivity index (χ3n) is 4.13. The summed E-state index contributed by atoms with van der Waals surface area (Å²) in [4.78, 5) is 13.7. The number of rotatable bonds is 1. The molecule has 0 aromatic rings. The van der Waals surface area contributed by atoms with E-state index < -0.39 is 0 Å². The Hall–Kier alpha value is -0.370. The average molecular weight is 195 g/mol. The van der Waals surface area contributed by atoms with Crippen molar-refractivity contribution in [2.45, 2.75) is 51.5 Å². The zero-order valence-corrected chi connectivity index (χ0v) is 9.38. The minimum absolute atomic E-state index is 0.216. The summed E-state index contributed by atoms with van der Waals surface area (Å²) < 4.78 is 0. The number of carbonyl (C=O) groups is 1. The summed E-state index contributed by atoms with van der Waals surface area (Å²) in [6, 6.07) is 0.216. The molecule has 0 bridgehead atoms. The van der Waals surface area contributed by atoms with Crippen LogP contribution in [-0.2, 0) is 4.79 Å². The summed E-state index contributed by atoms with van der Waals surface area (Å²) in [5, 5.41) is 0. The predicted octanol–water partition coefficient (Wildman–Crippen LogP) is 2.23. The topological polar surface area (TPSA) is 20.3 Å². The molecule has 0 aromatic heterocycles. The van der Waals surface area contributed by atoms with Crippen LogP contribution in [0.5, 0.6) is 0 Å². The maximum Gasteiger partial charge on any atom is 0.146 e. The summed E-state index contributed by atoms with van der Waals surface area (Å²) in [5.74, 6) is 0.356. The third-order valence-corrected chi connectivity index (χ3v) is 4.13. The van der Waals surface area contributed by atoms with Crippen molar-refractivity contribution in [3.05, 3.63) is 0 Å². The molecule has 2 heteroatoms. The van der Waals surface area contributed by atoms with Crippen molar-refractivity contribution >= 4 is 5.78 Å². The van der Waals surface area contributed by atoms with E-state index in [2.05, 4.69) is 11.9 Å². The molecule has 80 valence electrons. The fourth-order valence-electron chi connectivity index (χ4n) is 3.39. The highest BCUT2D eigenvalue weighted by Gasteiger charge is 2.44. The largest absolute Gasteiger partial charge is 0.298 e. The molecule has 0 radical (unpaired) electrons. The van der Waals surface area contributed by atoms with Gasteiger partial charge in [0, 0.05) is 6.54 Å². The third kappa shape index (κ3) is 1.72. The number of nitrogens with zero attached hydrogens (tertiary/aromatic N) is 1. The van der Waals surface area contributed by atoms with Crippen LogP contribution in [0.15, 0.2) is 0 Å². The summed E-state index contributed by atoms with van der Waals surface area (Å²) in [7, 11) is 2.11. The van der Waals surface area contributed by atoms with Crippen molar-refractivity contribution in [1.82, 2.24) is 4.90 Å². The fraction of sp³-hybridized carbons (Fsp3) is 0.917. The molecule has 1 atom stereocenters. The van der Waals surface area contributed by atoms with Gasteiger partial charge >= 0.3 is 0 Å². The number of hydrogen-bond acceptors (Lipinski definition) is 2. The van der Waals surface area contributed by atoms with Crippen LogP contribution < -0.4 is 0 Å². The van der Waals surface area contributed by atoms with Crippen LogP contribution in [-0.4, -0.2) is 30.3 Å². The molecule has 0 amide bonds. The number of hydrogen-bond donors (Lipinski definition) is 0. The second-order valence-electron chi connectivity index (χ2n) is 5.31. The van der Waals surface area contributed by atoms with Gasteiger partial charge in [-0.05, 0) is 38.6 Å². The minimum atomic E-state index is 0.216. The standard InChI is InChI=1S/C12H21NO/c1-10(14)11-8-12(9-13(11)2)6-4-3-5-7-12/h11H,3-9H2,1-2H3. The van der Waals surface area contributed by atoms with Gasteiger partial charge in [0.2, 0.25) is 0 Å². The van der Waals surface area contributed by atoms with E-state index in [9.17, 15) is 4.79 Å². The van der Waals surface area contributed by atoms with Gasteiger partial charge in [-0.2, -0.15) is 0 Å². The molecule has 1 unspecified atom stereocenters. The zero-order valence-electron chi connectivity index (χ0n) is 9.38. The molecule has 1 heterocycles. The molecule has 2 aliphatic rings. The molecule has 2 rings (SSSR count). The van der Waals surface area contributed by atoms with Gasteiger partial charge in [-0.25, -0.2) is 0 Å². The van der Waals surface area contributed by atoms with E-state index in [1.165, 1.54) is 32.1 Å². The van der Waals surface area contributed by atoms with E-state index in [1.807, 2.05) is 0 Å². The van der Waals surface area contributed by atoms with E-state index in [1.54, 1.807) is 6.92 Å². The van der Waals surface area contributed by atoms with E-state index in [4.69, 9.17) is 0 Å². The second kappa shape index (κ2) is 3.65. The van der Waals surface area contributed by atoms with Gasteiger partial charge in [0.1, 0.15) is 5.78 Å². The molecular formula is C12H21NO. The zero-order chi connectivity index (χ0) is 10.2. The summed E-state index contributed by atoms with van der Waals surface area (Å²) in [6.07, 6.45) is 7.97. The Kier molecular flexibility index (Phi) is 2.65. The van der Waals surface area contributed by atoms with Gasteiger partial charge in [0.05, 0.1) is 6.04 Å². The SMILES string of the molecule is CC(=O)C1CC2(CCCCC2)CN1C. The molecular weight excluding hydrogens is 174 g/mol. The monoisotopic (exact) mass is 195 g/mol. The lowest BCUT2D eigenvalue weighted by molar-refractivity contribution is -0.120. The number of ketones is 1. The molecule has 0 aromatic carbocycles. The highest BCUT2D eigenvalue weighted by molar-refractivity contribution is 5.81. The van der Waals surface area contributed by atoms with Gasteiger partial charge in [-0.3, -0.25) is 9.69 Å². The van der Waals surface area contributed by atoms with Crippen LogP contribution in [0.25, 0.3) is 0 Å². The van der Waals surface area contributed by atoms with Crippen molar-refractivity contribution < 1.29 is 4.79 Å². The Morgan fingerprint density at radius 1 is 1.29 bits per heavy atom. The average Bonchev–Trinajstić information content (AvgIpc) is 2.44. The maximum absolute atomic E-state index is 11.4. The van der Waals surface area contributed by atoms with Gasteiger partial charge < -0.3 is 0 Å². The van der Waals surface area contributed by atoms with Gasteiger partial charge in [0.15, 0.2) is 0 Å². The molecule has 2 nitrogen and oxygen atoms in total.